The van der Waals surface area contributed by atoms with Crippen molar-refractivity contribution in [3.63, 3.8) is 0 Å². The molecular weight excluding hydrogens is 194 g/mol. The van der Waals surface area contributed by atoms with Gasteiger partial charge in [-0.1, -0.05) is 19.6 Å². The number of hydrogen-bond donors (Lipinski definition) is 0. The molecule has 1 atom stereocenters. The summed E-state index contributed by atoms with van der Waals surface area (Å²) >= 11 is 0. The van der Waals surface area contributed by atoms with Gasteiger partial charge in [-0.25, -0.2) is 0 Å². The Morgan fingerprint density at radius 2 is 1.78 bits per heavy atom. The summed E-state index contributed by atoms with van der Waals surface area (Å²) in [4.78, 5) is 1.67. The van der Waals surface area contributed by atoms with Gasteiger partial charge in [0.1, 0.15) is 0 Å². The molecule has 0 fully saturated rings. The van der Waals surface area contributed by atoms with Crippen molar-refractivity contribution >= 4 is 23.1 Å². The normalized spacial score (nSPS) is 11.7. The van der Waals surface area contributed by atoms with Crippen molar-refractivity contribution in [1.29, 1.82) is 0 Å². The zero-order chi connectivity index (χ0) is 5.86. The molecule has 0 aromatic carbocycles. The van der Waals surface area contributed by atoms with Gasteiger partial charge in [-0.15, -0.1) is 0 Å². The Kier molecular flexibility index (Phi) is 16.9. The fourth-order valence-electron chi connectivity index (χ4n) is 0.365. The van der Waals surface area contributed by atoms with Gasteiger partial charge in [0.05, 0.1) is 0 Å². The Morgan fingerprint density at radius 1 is 1.44 bits per heavy atom. The summed E-state index contributed by atoms with van der Waals surface area (Å²) in [5.41, 5.74) is 0. The maximum Gasteiger partial charge on any atom is 2.00 e. The molecule has 0 amide bonds. The Morgan fingerprint density at radius 3 is 1.78 bits per heavy atom. The van der Waals surface area contributed by atoms with E-state index in [4.69, 9.17) is 0 Å². The van der Waals surface area contributed by atoms with Crippen molar-refractivity contribution in [3.05, 3.63) is 0 Å². The SMILES string of the molecule is CCC([O-])N(C)C.[Br-].[Mg+2]. The Balaban J connectivity index is -0.000000180. The monoisotopic (exact) mass is 205 g/mol. The van der Waals surface area contributed by atoms with Crippen LogP contribution in [0, 0.1) is 0 Å². The Bertz CT molecular complexity index is 54.2. The molecule has 4 heteroatoms. The molecule has 52 valence electrons. The molecule has 0 aromatic heterocycles. The predicted molar refractivity (Wildman–Crippen MR) is 33.5 cm³/mol. The van der Waals surface area contributed by atoms with E-state index in [9.17, 15) is 5.11 Å². The third-order valence-corrected chi connectivity index (χ3v) is 0.925. The largest absolute Gasteiger partial charge is 2.00 e. The van der Waals surface area contributed by atoms with Gasteiger partial charge in [0, 0.05) is 0 Å². The summed E-state index contributed by atoms with van der Waals surface area (Å²) in [6, 6.07) is 0. The maximum atomic E-state index is 10.5. The average Bonchev–Trinajstić information content (AvgIpc) is 1.65. The second kappa shape index (κ2) is 9.17. The molecule has 0 aliphatic rings. The second-order valence-corrected chi connectivity index (χ2v) is 1.83. The second-order valence-electron chi connectivity index (χ2n) is 1.83. The van der Waals surface area contributed by atoms with Gasteiger partial charge in [-0.2, -0.15) is 0 Å². The van der Waals surface area contributed by atoms with Gasteiger partial charge < -0.3 is 27.0 Å². The van der Waals surface area contributed by atoms with Gasteiger partial charge in [-0.05, 0) is 14.1 Å². The van der Waals surface area contributed by atoms with Gasteiger partial charge in [-0.3, -0.25) is 0 Å². The molecule has 0 aromatic rings. The first-order valence-electron chi connectivity index (χ1n) is 2.50. The van der Waals surface area contributed by atoms with Crippen LogP contribution in [0.5, 0.6) is 0 Å². The first-order valence-corrected chi connectivity index (χ1v) is 2.50. The number of hydrogen-bond acceptors (Lipinski definition) is 2. The minimum Gasteiger partial charge on any atom is -1.00 e. The zero-order valence-corrected chi connectivity index (χ0v) is 9.23. The summed E-state index contributed by atoms with van der Waals surface area (Å²) in [6.07, 6.45) is 0.174. The van der Waals surface area contributed by atoms with Crippen LogP contribution in [0.1, 0.15) is 13.3 Å². The van der Waals surface area contributed by atoms with Crippen LogP contribution in [-0.2, 0) is 0 Å². The topological polar surface area (TPSA) is 26.3 Å². The smallest absolute Gasteiger partial charge is 1.00 e. The van der Waals surface area contributed by atoms with Crippen molar-refractivity contribution in [3.8, 4) is 0 Å². The van der Waals surface area contributed by atoms with Crippen molar-refractivity contribution in [1.82, 2.24) is 4.90 Å². The molecule has 0 bridgehead atoms. The van der Waals surface area contributed by atoms with Gasteiger partial charge in [0.15, 0.2) is 0 Å². The molecule has 0 saturated carbocycles. The molecule has 2 nitrogen and oxygen atoms in total. The van der Waals surface area contributed by atoms with E-state index in [2.05, 4.69) is 0 Å². The van der Waals surface area contributed by atoms with Crippen LogP contribution in [0.4, 0.5) is 0 Å². The first-order chi connectivity index (χ1) is 3.18. The molecular formula is C5H12BrMgNO. The molecule has 0 saturated heterocycles. The van der Waals surface area contributed by atoms with Crippen LogP contribution in [-0.4, -0.2) is 48.3 Å². The van der Waals surface area contributed by atoms with E-state index in [1.54, 1.807) is 19.0 Å². The summed E-state index contributed by atoms with van der Waals surface area (Å²) < 4.78 is 0. The minimum atomic E-state index is -0.514. The van der Waals surface area contributed by atoms with Gasteiger partial charge in [0.2, 0.25) is 0 Å². The van der Waals surface area contributed by atoms with Crippen LogP contribution < -0.4 is 22.1 Å². The minimum absolute atomic E-state index is 0. The van der Waals surface area contributed by atoms with Crippen molar-refractivity contribution < 1.29 is 22.1 Å². The first kappa shape index (κ1) is 16.6. The van der Waals surface area contributed by atoms with E-state index < -0.39 is 6.23 Å². The van der Waals surface area contributed by atoms with E-state index in [0.29, 0.717) is 6.42 Å². The van der Waals surface area contributed by atoms with Crippen molar-refractivity contribution in [2.45, 2.75) is 19.6 Å². The summed E-state index contributed by atoms with van der Waals surface area (Å²) in [7, 11) is 3.59. The van der Waals surface area contributed by atoms with E-state index in [1.165, 1.54) is 0 Å². The Hall–Kier alpha value is 1.17. The molecule has 0 heterocycles. The summed E-state index contributed by atoms with van der Waals surface area (Å²) in [5, 5.41) is 10.5. The predicted octanol–water partition coefficient (Wildman–Crippen LogP) is -3.73. The van der Waals surface area contributed by atoms with Crippen LogP contribution >= 0.6 is 0 Å². The third-order valence-electron chi connectivity index (χ3n) is 0.925. The quantitative estimate of drug-likeness (QED) is 0.343. The van der Waals surface area contributed by atoms with E-state index in [-0.39, 0.29) is 40.0 Å². The molecule has 0 radical (unpaired) electrons. The molecule has 9 heavy (non-hydrogen) atoms. The van der Waals surface area contributed by atoms with Gasteiger partial charge >= 0.3 is 23.1 Å². The fraction of sp³-hybridized carbons (Fsp3) is 1.00. The zero-order valence-electron chi connectivity index (χ0n) is 6.22. The average molecular weight is 206 g/mol. The van der Waals surface area contributed by atoms with Crippen molar-refractivity contribution in [2.24, 2.45) is 0 Å². The standard InChI is InChI=1S/C5H12NO.BrH.Mg/c1-4-5(7)6(2)3;;/h5H,4H2,1-3H3;1H;/q-1;;+2/p-1. The molecule has 0 N–H and O–H groups in total. The van der Waals surface area contributed by atoms with Crippen LogP contribution in [0.25, 0.3) is 0 Å². The van der Waals surface area contributed by atoms with Gasteiger partial charge in [0.25, 0.3) is 0 Å². The summed E-state index contributed by atoms with van der Waals surface area (Å²) in [6.45, 7) is 1.89. The molecule has 1 unspecified atom stereocenters. The molecule has 0 spiro atoms. The molecule has 0 aliphatic carbocycles. The van der Waals surface area contributed by atoms with Crippen LogP contribution in [0.2, 0.25) is 0 Å². The fourth-order valence-corrected chi connectivity index (χ4v) is 0.365. The number of rotatable bonds is 2. The third kappa shape index (κ3) is 9.17. The maximum absolute atomic E-state index is 10.5. The van der Waals surface area contributed by atoms with E-state index in [1.807, 2.05) is 6.92 Å². The van der Waals surface area contributed by atoms with Crippen molar-refractivity contribution in [2.75, 3.05) is 14.1 Å². The van der Waals surface area contributed by atoms with Crippen LogP contribution in [0.3, 0.4) is 0 Å². The van der Waals surface area contributed by atoms with Crippen LogP contribution in [0.15, 0.2) is 0 Å². The molecule has 0 aliphatic heterocycles. The Labute approximate surface area is 83.5 Å². The molecule has 0 rings (SSSR count). The summed E-state index contributed by atoms with van der Waals surface area (Å²) in [5.74, 6) is 0. The van der Waals surface area contributed by atoms with E-state index >= 15 is 0 Å². The van der Waals surface area contributed by atoms with E-state index in [0.717, 1.165) is 0 Å². The number of nitrogens with zero attached hydrogens (tertiary/aromatic N) is 1. The number of halogens is 1.